The smallest absolute Gasteiger partial charge is 0.252 e. The molecule has 0 atom stereocenters. The van der Waals surface area contributed by atoms with Gasteiger partial charge in [0, 0.05) is 29.1 Å². The van der Waals surface area contributed by atoms with E-state index in [0.717, 1.165) is 22.6 Å². The Hall–Kier alpha value is -2.35. The van der Waals surface area contributed by atoms with Crippen LogP contribution in [0.2, 0.25) is 0 Å². The summed E-state index contributed by atoms with van der Waals surface area (Å²) in [6.07, 6.45) is 4.93. The standard InChI is InChI=1S/C16H18N6OS/c1-9-12(10(2)22-15(19-9)17-8-18-22)5-6-14(23)21-16-20-13(7-24-16)11-3-4-11/h7-8,11H,3-6H2,1-2H3,(H,20,21,23). The summed E-state index contributed by atoms with van der Waals surface area (Å²) in [4.78, 5) is 25.2. The molecule has 1 N–H and O–H groups in total. The predicted octanol–water partition coefficient (Wildman–Crippen LogP) is 2.65. The predicted molar refractivity (Wildman–Crippen MR) is 91.3 cm³/mol. The second-order valence-electron chi connectivity index (χ2n) is 6.13. The van der Waals surface area contributed by atoms with E-state index < -0.39 is 0 Å². The highest BCUT2D eigenvalue weighted by atomic mass is 32.1. The first-order valence-corrected chi connectivity index (χ1v) is 8.91. The molecule has 3 aromatic heterocycles. The molecule has 24 heavy (non-hydrogen) atoms. The monoisotopic (exact) mass is 342 g/mol. The summed E-state index contributed by atoms with van der Waals surface area (Å²) in [5.74, 6) is 1.18. The van der Waals surface area contributed by atoms with Crippen molar-refractivity contribution in [1.29, 1.82) is 0 Å². The van der Waals surface area contributed by atoms with E-state index in [1.807, 2.05) is 19.2 Å². The van der Waals surface area contributed by atoms with Gasteiger partial charge in [-0.3, -0.25) is 4.79 Å². The van der Waals surface area contributed by atoms with Gasteiger partial charge < -0.3 is 5.32 Å². The lowest BCUT2D eigenvalue weighted by molar-refractivity contribution is -0.116. The molecular formula is C16H18N6OS. The van der Waals surface area contributed by atoms with Gasteiger partial charge in [-0.1, -0.05) is 0 Å². The molecule has 1 aliphatic rings. The number of carbonyl (C=O) groups excluding carboxylic acids is 1. The Bertz CT molecular complexity index is 911. The average molecular weight is 342 g/mol. The van der Waals surface area contributed by atoms with E-state index in [1.165, 1.54) is 30.5 Å². The van der Waals surface area contributed by atoms with E-state index >= 15 is 0 Å². The lowest BCUT2D eigenvalue weighted by atomic mass is 10.1. The minimum atomic E-state index is -0.0239. The summed E-state index contributed by atoms with van der Waals surface area (Å²) in [5, 5.41) is 9.81. The van der Waals surface area contributed by atoms with E-state index in [-0.39, 0.29) is 5.91 Å². The molecule has 0 unspecified atom stereocenters. The van der Waals surface area contributed by atoms with E-state index in [0.29, 0.717) is 29.7 Å². The Balaban J connectivity index is 1.43. The molecule has 7 nitrogen and oxygen atoms in total. The number of anilines is 1. The molecule has 1 aliphatic carbocycles. The number of aryl methyl sites for hydroxylation is 2. The van der Waals surface area contributed by atoms with Crippen LogP contribution in [0.15, 0.2) is 11.7 Å². The zero-order valence-corrected chi connectivity index (χ0v) is 14.4. The number of aromatic nitrogens is 5. The first-order valence-electron chi connectivity index (χ1n) is 8.03. The number of thiazole rings is 1. The van der Waals surface area contributed by atoms with Crippen LogP contribution in [0.1, 0.15) is 47.8 Å². The summed E-state index contributed by atoms with van der Waals surface area (Å²) < 4.78 is 1.71. The summed E-state index contributed by atoms with van der Waals surface area (Å²) in [5.41, 5.74) is 4.03. The molecule has 124 valence electrons. The fourth-order valence-corrected chi connectivity index (χ4v) is 3.66. The van der Waals surface area contributed by atoms with E-state index in [9.17, 15) is 4.79 Å². The van der Waals surface area contributed by atoms with Gasteiger partial charge in [0.15, 0.2) is 5.13 Å². The summed E-state index contributed by atoms with van der Waals surface area (Å²) in [7, 11) is 0. The molecule has 1 saturated carbocycles. The molecule has 0 radical (unpaired) electrons. The molecule has 3 heterocycles. The van der Waals surface area contributed by atoms with Crippen LogP contribution >= 0.6 is 11.3 Å². The lowest BCUT2D eigenvalue weighted by Gasteiger charge is -2.10. The Morgan fingerprint density at radius 2 is 2.21 bits per heavy atom. The maximum Gasteiger partial charge on any atom is 0.252 e. The van der Waals surface area contributed by atoms with E-state index in [4.69, 9.17) is 0 Å². The van der Waals surface area contributed by atoms with Crippen molar-refractivity contribution in [3.8, 4) is 0 Å². The molecule has 8 heteroatoms. The second kappa shape index (κ2) is 5.94. The number of nitrogens with one attached hydrogen (secondary N) is 1. The van der Waals surface area contributed by atoms with Gasteiger partial charge in [-0.05, 0) is 38.7 Å². The van der Waals surface area contributed by atoms with Gasteiger partial charge in [-0.2, -0.15) is 10.1 Å². The Kier molecular flexibility index (Phi) is 3.76. The highest BCUT2D eigenvalue weighted by Gasteiger charge is 2.26. The minimum absolute atomic E-state index is 0.0239. The Morgan fingerprint density at radius 1 is 1.38 bits per heavy atom. The number of hydrogen-bond donors (Lipinski definition) is 1. The first kappa shape index (κ1) is 15.2. The van der Waals surface area contributed by atoms with Crippen LogP contribution in [0.3, 0.4) is 0 Å². The van der Waals surface area contributed by atoms with Crippen LogP contribution in [0.5, 0.6) is 0 Å². The second-order valence-corrected chi connectivity index (χ2v) is 6.99. The van der Waals surface area contributed by atoms with Crippen LogP contribution in [-0.2, 0) is 11.2 Å². The molecule has 4 rings (SSSR count). The molecule has 0 aromatic carbocycles. The fraction of sp³-hybridized carbons (Fsp3) is 0.438. The number of amides is 1. The zero-order valence-electron chi connectivity index (χ0n) is 13.6. The van der Waals surface area contributed by atoms with Crippen molar-refractivity contribution in [2.75, 3.05) is 5.32 Å². The maximum absolute atomic E-state index is 12.2. The molecule has 0 aliphatic heterocycles. The van der Waals surface area contributed by atoms with Gasteiger partial charge >= 0.3 is 0 Å². The molecule has 3 aromatic rings. The number of nitrogens with zero attached hydrogens (tertiary/aromatic N) is 5. The summed E-state index contributed by atoms with van der Waals surface area (Å²) in [6.45, 7) is 3.92. The lowest BCUT2D eigenvalue weighted by Crippen LogP contribution is -2.14. The van der Waals surface area contributed by atoms with Gasteiger partial charge in [0.1, 0.15) is 6.33 Å². The molecule has 0 spiro atoms. The largest absolute Gasteiger partial charge is 0.302 e. The number of fused-ring (bicyclic) bond motifs is 1. The first-order chi connectivity index (χ1) is 11.6. The van der Waals surface area contributed by atoms with Crippen molar-refractivity contribution < 1.29 is 4.79 Å². The fourth-order valence-electron chi connectivity index (χ4n) is 2.85. The third-order valence-electron chi connectivity index (χ3n) is 4.35. The highest BCUT2D eigenvalue weighted by molar-refractivity contribution is 7.13. The van der Waals surface area contributed by atoms with Gasteiger partial charge in [-0.25, -0.2) is 14.5 Å². The molecule has 0 bridgehead atoms. The van der Waals surface area contributed by atoms with Crippen molar-refractivity contribution in [3.63, 3.8) is 0 Å². The highest BCUT2D eigenvalue weighted by Crippen LogP contribution is 2.40. The van der Waals surface area contributed by atoms with Crippen LogP contribution in [-0.4, -0.2) is 30.5 Å². The van der Waals surface area contributed by atoms with Crippen molar-refractivity contribution in [3.05, 3.63) is 34.4 Å². The van der Waals surface area contributed by atoms with E-state index in [2.05, 4.69) is 25.4 Å². The Morgan fingerprint density at radius 3 is 3.00 bits per heavy atom. The Labute approximate surface area is 143 Å². The van der Waals surface area contributed by atoms with Gasteiger partial charge in [0.25, 0.3) is 5.78 Å². The van der Waals surface area contributed by atoms with Gasteiger partial charge in [-0.15, -0.1) is 11.3 Å². The van der Waals surface area contributed by atoms with Crippen molar-refractivity contribution >= 4 is 28.2 Å². The van der Waals surface area contributed by atoms with Crippen LogP contribution < -0.4 is 5.32 Å². The third-order valence-corrected chi connectivity index (χ3v) is 5.13. The quantitative estimate of drug-likeness (QED) is 0.770. The van der Waals surface area contributed by atoms with Crippen molar-refractivity contribution in [2.45, 2.75) is 45.4 Å². The average Bonchev–Trinajstić information content (AvgIpc) is 3.11. The van der Waals surface area contributed by atoms with Crippen LogP contribution in [0.4, 0.5) is 5.13 Å². The summed E-state index contributed by atoms with van der Waals surface area (Å²) in [6, 6.07) is 0. The third kappa shape index (κ3) is 2.89. The van der Waals surface area contributed by atoms with Crippen molar-refractivity contribution in [2.24, 2.45) is 0 Å². The van der Waals surface area contributed by atoms with E-state index in [1.54, 1.807) is 4.52 Å². The number of rotatable bonds is 5. The normalized spacial score (nSPS) is 14.2. The number of hydrogen-bond acceptors (Lipinski definition) is 6. The number of carbonyl (C=O) groups is 1. The van der Waals surface area contributed by atoms with Crippen LogP contribution in [0.25, 0.3) is 5.78 Å². The zero-order chi connectivity index (χ0) is 16.7. The SMILES string of the molecule is Cc1nc2ncnn2c(C)c1CCC(=O)Nc1nc(C2CC2)cs1. The molecule has 0 saturated heterocycles. The maximum atomic E-state index is 12.2. The van der Waals surface area contributed by atoms with Crippen LogP contribution in [0, 0.1) is 13.8 Å². The van der Waals surface area contributed by atoms with Gasteiger partial charge in [0.05, 0.1) is 5.69 Å². The minimum Gasteiger partial charge on any atom is -0.302 e. The van der Waals surface area contributed by atoms with Gasteiger partial charge in [0.2, 0.25) is 5.91 Å². The molecule has 1 fully saturated rings. The van der Waals surface area contributed by atoms with Crippen molar-refractivity contribution in [1.82, 2.24) is 24.6 Å². The topological polar surface area (TPSA) is 85.1 Å². The molecular weight excluding hydrogens is 324 g/mol. The molecule has 1 amide bonds. The summed E-state index contributed by atoms with van der Waals surface area (Å²) >= 11 is 1.50.